The maximum Gasteiger partial charge on any atom is -0.000968 e. The Hall–Kier alpha value is 0.780. The van der Waals surface area contributed by atoms with Crippen LogP contribution in [0.3, 0.4) is 0 Å². The van der Waals surface area contributed by atoms with E-state index in [4.69, 9.17) is 0 Å². The van der Waals surface area contributed by atoms with Crippen LogP contribution in [-0.4, -0.2) is 16.7 Å². The third-order valence-corrected chi connectivity index (χ3v) is 4.71. The summed E-state index contributed by atoms with van der Waals surface area (Å²) in [5.41, 5.74) is 0.797. The first kappa shape index (κ1) is 13.8. The second-order valence-corrected chi connectivity index (χ2v) is 7.02. The van der Waals surface area contributed by atoms with Crippen molar-refractivity contribution < 1.29 is 0 Å². The average Bonchev–Trinajstić information content (AvgIpc) is 2.02. The van der Waals surface area contributed by atoms with Gasteiger partial charge < -0.3 is 0 Å². The lowest BCUT2D eigenvalue weighted by Gasteiger charge is -2.23. The Bertz CT molecular complexity index is 123. The summed E-state index contributed by atoms with van der Waals surface area (Å²) in [4.78, 5) is 0. The van der Waals surface area contributed by atoms with E-state index in [0.717, 1.165) is 22.7 Å². The first-order valence-corrected chi connectivity index (χ1v) is 7.03. The van der Waals surface area contributed by atoms with E-state index in [1.54, 1.807) is 0 Å². The Morgan fingerprint density at radius 2 is 1.62 bits per heavy atom. The molecule has 0 aliphatic heterocycles. The van der Waals surface area contributed by atoms with Gasteiger partial charge in [0.05, 0.1) is 0 Å². The van der Waals surface area contributed by atoms with Gasteiger partial charge in [0.15, 0.2) is 0 Å². The quantitative estimate of drug-likeness (QED) is 0.608. The zero-order chi connectivity index (χ0) is 10.4. The summed E-state index contributed by atoms with van der Waals surface area (Å²) in [5.74, 6) is 2.95. The zero-order valence-corrected chi connectivity index (χ0v) is 11.7. The van der Waals surface area contributed by atoms with Gasteiger partial charge in [-0.25, -0.2) is 0 Å². The van der Waals surface area contributed by atoms with Gasteiger partial charge in [0.1, 0.15) is 0 Å². The van der Waals surface area contributed by atoms with Crippen molar-refractivity contribution in [1.82, 2.24) is 0 Å². The predicted molar refractivity (Wildman–Crippen MR) is 69.7 cm³/mol. The van der Waals surface area contributed by atoms with Gasteiger partial charge in [-0.3, -0.25) is 0 Å². The lowest BCUT2D eigenvalue weighted by Crippen LogP contribution is -2.17. The van der Waals surface area contributed by atoms with E-state index in [-0.39, 0.29) is 0 Å². The minimum Gasteiger partial charge on any atom is -0.159 e. The fourth-order valence-electron chi connectivity index (χ4n) is 1.20. The minimum absolute atomic E-state index is 0.784. The molecule has 0 radical (unpaired) electrons. The molecule has 3 atom stereocenters. The molecular formula is C11H25PS. The van der Waals surface area contributed by atoms with E-state index < -0.39 is 0 Å². The second kappa shape index (κ2) is 7.12. The van der Waals surface area contributed by atoms with Gasteiger partial charge in [-0.05, 0) is 34.9 Å². The van der Waals surface area contributed by atoms with E-state index in [1.165, 1.54) is 12.2 Å². The number of rotatable bonds is 6. The fraction of sp³-hybridized carbons (Fsp3) is 1.00. The highest BCUT2D eigenvalue weighted by Gasteiger charge is 2.15. The lowest BCUT2D eigenvalue weighted by molar-refractivity contribution is 0.400. The molecule has 0 saturated carbocycles. The molecule has 0 N–H and O–H groups in total. The van der Waals surface area contributed by atoms with Crippen LogP contribution < -0.4 is 0 Å². The van der Waals surface area contributed by atoms with Crippen LogP contribution in [0, 0.1) is 11.8 Å². The van der Waals surface area contributed by atoms with Crippen molar-refractivity contribution in [3.63, 3.8) is 0 Å². The van der Waals surface area contributed by atoms with Crippen molar-refractivity contribution >= 4 is 21.0 Å². The smallest absolute Gasteiger partial charge is 0.000968 e. The molecule has 0 nitrogen and oxygen atoms in total. The molecule has 0 aliphatic rings. The molecule has 13 heavy (non-hydrogen) atoms. The Kier molecular flexibility index (Phi) is 7.55. The third-order valence-electron chi connectivity index (χ3n) is 2.63. The SMILES string of the molecule is CC(C)SCCC(P)C(C)C(C)C. The molecule has 0 bridgehead atoms. The highest BCUT2D eigenvalue weighted by atomic mass is 32.2. The van der Waals surface area contributed by atoms with Crippen LogP contribution in [-0.2, 0) is 0 Å². The molecule has 0 aliphatic carbocycles. The number of hydrogen-bond acceptors (Lipinski definition) is 1. The third kappa shape index (κ3) is 6.80. The summed E-state index contributed by atoms with van der Waals surface area (Å²) in [6.07, 6.45) is 1.34. The van der Waals surface area contributed by atoms with Crippen LogP contribution >= 0.6 is 21.0 Å². The van der Waals surface area contributed by atoms with E-state index in [0.29, 0.717) is 0 Å². The highest BCUT2D eigenvalue weighted by Crippen LogP contribution is 2.25. The summed E-state index contributed by atoms with van der Waals surface area (Å²) in [7, 11) is 3.01. The first-order chi connectivity index (χ1) is 5.95. The maximum atomic E-state index is 3.01. The largest absolute Gasteiger partial charge is 0.159 e. The molecule has 0 spiro atoms. The zero-order valence-electron chi connectivity index (χ0n) is 9.71. The van der Waals surface area contributed by atoms with Gasteiger partial charge in [0, 0.05) is 0 Å². The number of hydrogen-bond donors (Lipinski definition) is 0. The Balaban J connectivity index is 3.55. The minimum atomic E-state index is 0.784. The summed E-state index contributed by atoms with van der Waals surface area (Å²) in [5, 5.41) is 0.784. The fourth-order valence-corrected chi connectivity index (χ4v) is 2.93. The topological polar surface area (TPSA) is 0 Å². The first-order valence-electron chi connectivity index (χ1n) is 5.32. The van der Waals surface area contributed by atoms with Crippen molar-refractivity contribution in [2.75, 3.05) is 5.75 Å². The van der Waals surface area contributed by atoms with E-state index >= 15 is 0 Å². The van der Waals surface area contributed by atoms with Gasteiger partial charge in [-0.2, -0.15) is 11.8 Å². The molecule has 0 rings (SSSR count). The van der Waals surface area contributed by atoms with Gasteiger partial charge in [0.25, 0.3) is 0 Å². The maximum absolute atomic E-state index is 3.01. The molecule has 0 heterocycles. The van der Waals surface area contributed by atoms with Gasteiger partial charge in [-0.1, -0.05) is 34.6 Å². The van der Waals surface area contributed by atoms with Crippen LogP contribution in [0.15, 0.2) is 0 Å². The Morgan fingerprint density at radius 1 is 1.08 bits per heavy atom. The lowest BCUT2D eigenvalue weighted by atomic mass is 9.93. The van der Waals surface area contributed by atoms with Crippen molar-refractivity contribution in [2.24, 2.45) is 11.8 Å². The summed E-state index contributed by atoms with van der Waals surface area (Å²) in [6, 6.07) is 0. The van der Waals surface area contributed by atoms with Gasteiger partial charge in [0.2, 0.25) is 0 Å². The normalized spacial score (nSPS) is 16.6. The summed E-state index contributed by atoms with van der Waals surface area (Å²) in [6.45, 7) is 11.5. The molecule has 0 aromatic rings. The molecular weight excluding hydrogens is 195 g/mol. The standard InChI is InChI=1S/C11H25PS/c1-8(2)10(5)11(12)6-7-13-9(3)4/h8-11H,6-7,12H2,1-5H3. The van der Waals surface area contributed by atoms with Gasteiger partial charge in [-0.15, -0.1) is 9.24 Å². The molecule has 0 saturated heterocycles. The monoisotopic (exact) mass is 220 g/mol. The molecule has 3 unspecified atom stereocenters. The van der Waals surface area contributed by atoms with Crippen molar-refractivity contribution in [2.45, 2.75) is 51.9 Å². The molecule has 0 fully saturated rings. The van der Waals surface area contributed by atoms with Crippen molar-refractivity contribution in [1.29, 1.82) is 0 Å². The van der Waals surface area contributed by atoms with Gasteiger partial charge >= 0.3 is 0 Å². The second-order valence-electron chi connectivity index (χ2n) is 4.48. The van der Waals surface area contributed by atoms with Crippen molar-refractivity contribution in [3.8, 4) is 0 Å². The Labute approximate surface area is 90.8 Å². The summed E-state index contributed by atoms with van der Waals surface area (Å²) < 4.78 is 0. The van der Waals surface area contributed by atoms with E-state index in [1.807, 2.05) is 0 Å². The molecule has 0 amide bonds. The molecule has 80 valence electrons. The van der Waals surface area contributed by atoms with Crippen LogP contribution in [0.2, 0.25) is 0 Å². The molecule has 2 heteroatoms. The van der Waals surface area contributed by atoms with Crippen LogP contribution in [0.25, 0.3) is 0 Å². The van der Waals surface area contributed by atoms with Crippen LogP contribution in [0.5, 0.6) is 0 Å². The van der Waals surface area contributed by atoms with E-state index in [9.17, 15) is 0 Å². The average molecular weight is 220 g/mol. The van der Waals surface area contributed by atoms with Crippen molar-refractivity contribution in [3.05, 3.63) is 0 Å². The highest BCUT2D eigenvalue weighted by molar-refractivity contribution is 7.99. The predicted octanol–water partition coefficient (Wildman–Crippen LogP) is 4.05. The summed E-state index contributed by atoms with van der Waals surface area (Å²) >= 11 is 2.08. The molecule has 0 aromatic heterocycles. The van der Waals surface area contributed by atoms with Crippen LogP contribution in [0.1, 0.15) is 41.0 Å². The number of thioether (sulfide) groups is 1. The Morgan fingerprint density at radius 3 is 2.00 bits per heavy atom. The van der Waals surface area contributed by atoms with E-state index in [2.05, 4.69) is 55.6 Å². The van der Waals surface area contributed by atoms with Crippen LogP contribution in [0.4, 0.5) is 0 Å². The molecule has 0 aromatic carbocycles.